The molecule has 1 aromatic heterocycles. The van der Waals surface area contributed by atoms with E-state index in [0.717, 1.165) is 15.7 Å². The maximum absolute atomic E-state index is 13.2. The van der Waals surface area contributed by atoms with E-state index in [2.05, 4.69) is 34.8 Å². The number of nitrogens with zero attached hydrogens (tertiary/aromatic N) is 2. The molecule has 1 atom stereocenters. The van der Waals surface area contributed by atoms with Crippen molar-refractivity contribution in [3.8, 4) is 5.75 Å². The van der Waals surface area contributed by atoms with Gasteiger partial charge in [0.05, 0.1) is 0 Å². The van der Waals surface area contributed by atoms with Gasteiger partial charge in [-0.05, 0) is 57.6 Å². The summed E-state index contributed by atoms with van der Waals surface area (Å²) in [5.41, 5.74) is 2.11. The minimum Gasteiger partial charge on any atom is -0.508 e. The van der Waals surface area contributed by atoms with Crippen molar-refractivity contribution in [2.75, 3.05) is 4.90 Å². The third kappa shape index (κ3) is 3.37. The molecular weight excluding hydrogens is 420 g/mol. The molecule has 4 rings (SSSR count). The Bertz CT molecular complexity index is 978. The zero-order valence-electron chi connectivity index (χ0n) is 15.8. The molecule has 1 N–H and O–H groups in total. The normalized spacial score (nSPS) is 21.7. The number of aromatic nitrogens is 1. The van der Waals surface area contributed by atoms with Crippen LogP contribution in [-0.4, -0.2) is 21.8 Å². The Balaban J connectivity index is 1.88. The lowest BCUT2D eigenvalue weighted by Gasteiger charge is -2.42. The predicted molar refractivity (Wildman–Crippen MR) is 110 cm³/mol. The second-order valence-corrected chi connectivity index (χ2v) is 9.13. The van der Waals surface area contributed by atoms with Crippen molar-refractivity contribution < 1.29 is 14.7 Å². The summed E-state index contributed by atoms with van der Waals surface area (Å²) in [5.74, 6) is 0.418. The first-order valence-corrected chi connectivity index (χ1v) is 10.0. The number of phenols is 1. The van der Waals surface area contributed by atoms with Gasteiger partial charge in [0.1, 0.15) is 11.6 Å². The Morgan fingerprint density at radius 2 is 1.82 bits per heavy atom. The molecule has 0 saturated carbocycles. The van der Waals surface area contributed by atoms with Crippen LogP contribution in [0, 0.1) is 5.41 Å². The summed E-state index contributed by atoms with van der Waals surface area (Å²) in [6.07, 6.45) is 2.95. The summed E-state index contributed by atoms with van der Waals surface area (Å²) in [4.78, 5) is 32.4. The van der Waals surface area contributed by atoms with E-state index < -0.39 is 0 Å². The van der Waals surface area contributed by atoms with Crippen LogP contribution in [0.3, 0.4) is 0 Å². The average Bonchev–Trinajstić information content (AvgIpc) is 2.62. The number of hydrogen-bond donors (Lipinski definition) is 1. The smallest absolute Gasteiger partial charge is 0.233 e. The molecule has 6 heteroatoms. The van der Waals surface area contributed by atoms with Crippen LogP contribution in [0.25, 0.3) is 0 Å². The van der Waals surface area contributed by atoms with Crippen LogP contribution in [0.5, 0.6) is 5.75 Å². The Hall–Kier alpha value is -2.47. The van der Waals surface area contributed by atoms with Gasteiger partial charge in [-0.2, -0.15) is 0 Å². The van der Waals surface area contributed by atoms with Crippen molar-refractivity contribution >= 4 is 33.4 Å². The van der Waals surface area contributed by atoms with Crippen LogP contribution in [0.2, 0.25) is 0 Å². The molecule has 1 amide bonds. The van der Waals surface area contributed by atoms with Crippen LogP contribution in [-0.2, 0) is 9.59 Å². The molecule has 2 aromatic rings. The Morgan fingerprint density at radius 1 is 1.11 bits per heavy atom. The monoisotopic (exact) mass is 440 g/mol. The SMILES string of the molecule is CC1(C)CC(=O)C2=C(C1)N(c1ccc(Br)cn1)C(=O)CC2c1ccc(O)cc1. The Morgan fingerprint density at radius 3 is 2.46 bits per heavy atom. The van der Waals surface area contributed by atoms with Gasteiger partial charge in [-0.25, -0.2) is 4.98 Å². The molecule has 2 heterocycles. The quantitative estimate of drug-likeness (QED) is 0.733. The third-order valence-electron chi connectivity index (χ3n) is 5.38. The first kappa shape index (κ1) is 18.9. The fraction of sp³-hybridized carbons (Fsp3) is 0.318. The molecule has 0 fully saturated rings. The maximum atomic E-state index is 13.2. The number of amides is 1. The molecule has 1 aliphatic carbocycles. The van der Waals surface area contributed by atoms with E-state index in [9.17, 15) is 14.7 Å². The summed E-state index contributed by atoms with van der Waals surface area (Å²) < 4.78 is 0.830. The van der Waals surface area contributed by atoms with Crippen LogP contribution in [0.1, 0.15) is 44.6 Å². The van der Waals surface area contributed by atoms with Crippen molar-refractivity contribution in [1.29, 1.82) is 0 Å². The van der Waals surface area contributed by atoms with Crippen molar-refractivity contribution in [3.63, 3.8) is 0 Å². The maximum Gasteiger partial charge on any atom is 0.233 e. The summed E-state index contributed by atoms with van der Waals surface area (Å²) >= 11 is 3.37. The van der Waals surface area contributed by atoms with E-state index in [4.69, 9.17) is 0 Å². The molecule has 28 heavy (non-hydrogen) atoms. The van der Waals surface area contributed by atoms with Gasteiger partial charge in [0.15, 0.2) is 5.78 Å². The van der Waals surface area contributed by atoms with Gasteiger partial charge in [-0.3, -0.25) is 14.5 Å². The Kier molecular flexibility index (Phi) is 4.62. The first-order chi connectivity index (χ1) is 13.2. The summed E-state index contributed by atoms with van der Waals surface area (Å²) in [5, 5.41) is 9.61. The fourth-order valence-corrected chi connectivity index (χ4v) is 4.41. The fourth-order valence-electron chi connectivity index (χ4n) is 4.17. The first-order valence-electron chi connectivity index (χ1n) is 9.25. The largest absolute Gasteiger partial charge is 0.508 e. The number of rotatable bonds is 2. The molecule has 1 aromatic carbocycles. The van der Waals surface area contributed by atoms with Gasteiger partial charge in [-0.1, -0.05) is 26.0 Å². The van der Waals surface area contributed by atoms with Gasteiger partial charge in [-0.15, -0.1) is 0 Å². The molecule has 0 spiro atoms. The second kappa shape index (κ2) is 6.85. The van der Waals surface area contributed by atoms with E-state index in [1.165, 1.54) is 0 Å². The molecule has 1 unspecified atom stereocenters. The molecule has 2 aliphatic rings. The average molecular weight is 441 g/mol. The third-order valence-corrected chi connectivity index (χ3v) is 5.85. The number of pyridine rings is 1. The lowest BCUT2D eigenvalue weighted by Crippen LogP contribution is -2.44. The van der Waals surface area contributed by atoms with Crippen molar-refractivity contribution in [3.05, 3.63) is 63.9 Å². The number of benzene rings is 1. The molecular formula is C22H21BrN2O3. The zero-order valence-corrected chi connectivity index (χ0v) is 17.4. The van der Waals surface area contributed by atoms with Gasteiger partial charge in [0, 0.05) is 40.7 Å². The van der Waals surface area contributed by atoms with Crippen molar-refractivity contribution in [1.82, 2.24) is 4.98 Å². The van der Waals surface area contributed by atoms with Crippen LogP contribution < -0.4 is 4.90 Å². The standard InChI is InChI=1S/C22H21BrN2O3/c1-22(2)10-17-21(18(27)11-22)16(13-3-6-15(26)7-4-13)9-20(28)25(17)19-8-5-14(23)12-24-19/h3-8,12,16,26H,9-11H2,1-2H3. The minimum atomic E-state index is -0.293. The number of allylic oxidation sites excluding steroid dienone is 2. The second-order valence-electron chi connectivity index (χ2n) is 8.21. The lowest BCUT2D eigenvalue weighted by atomic mass is 9.69. The molecule has 0 bridgehead atoms. The van der Waals surface area contributed by atoms with Gasteiger partial charge < -0.3 is 5.11 Å². The highest BCUT2D eigenvalue weighted by atomic mass is 79.9. The highest BCUT2D eigenvalue weighted by molar-refractivity contribution is 9.10. The topological polar surface area (TPSA) is 70.5 Å². The highest BCUT2D eigenvalue weighted by Crippen LogP contribution is 2.48. The molecule has 5 nitrogen and oxygen atoms in total. The van der Waals surface area contributed by atoms with Crippen molar-refractivity contribution in [2.24, 2.45) is 5.41 Å². The molecule has 1 aliphatic heterocycles. The summed E-state index contributed by atoms with van der Waals surface area (Å²) in [6.45, 7) is 4.10. The summed E-state index contributed by atoms with van der Waals surface area (Å²) in [7, 11) is 0. The predicted octanol–water partition coefficient (Wildman–Crippen LogP) is 4.71. The van der Waals surface area contributed by atoms with Gasteiger partial charge in [0.25, 0.3) is 0 Å². The number of Topliss-reactive ketones (excluding diaryl/α,β-unsaturated/α-hetero) is 1. The van der Waals surface area contributed by atoms with E-state index in [0.29, 0.717) is 24.2 Å². The zero-order chi connectivity index (χ0) is 20.1. The van der Waals surface area contributed by atoms with Crippen molar-refractivity contribution in [2.45, 2.75) is 39.0 Å². The number of phenolic OH excluding ortho intramolecular Hbond substituents is 1. The van der Waals surface area contributed by atoms with E-state index in [1.54, 1.807) is 41.4 Å². The number of ketones is 1. The molecule has 0 saturated heterocycles. The number of halogens is 1. The number of carbonyl (C=O) groups excluding carboxylic acids is 2. The van der Waals surface area contributed by atoms with Crippen LogP contribution >= 0.6 is 15.9 Å². The molecule has 144 valence electrons. The van der Waals surface area contributed by atoms with Gasteiger partial charge in [0.2, 0.25) is 5.91 Å². The lowest BCUT2D eigenvalue weighted by molar-refractivity contribution is -0.121. The van der Waals surface area contributed by atoms with E-state index in [-0.39, 0.29) is 35.2 Å². The van der Waals surface area contributed by atoms with Gasteiger partial charge >= 0.3 is 0 Å². The molecule has 0 radical (unpaired) electrons. The number of carbonyl (C=O) groups is 2. The number of anilines is 1. The van der Waals surface area contributed by atoms with Crippen LogP contribution in [0.4, 0.5) is 5.82 Å². The highest BCUT2D eigenvalue weighted by Gasteiger charge is 2.44. The number of aromatic hydroxyl groups is 1. The summed E-state index contributed by atoms with van der Waals surface area (Å²) in [6, 6.07) is 10.4. The minimum absolute atomic E-state index is 0.0721. The number of hydrogen-bond acceptors (Lipinski definition) is 4. The Labute approximate surface area is 172 Å². The van der Waals surface area contributed by atoms with E-state index >= 15 is 0 Å². The van der Waals surface area contributed by atoms with E-state index in [1.807, 2.05) is 6.07 Å². The van der Waals surface area contributed by atoms with Crippen LogP contribution in [0.15, 0.2) is 58.3 Å².